The number of carbonyl (C=O) groups is 1. The lowest BCUT2D eigenvalue weighted by molar-refractivity contribution is 0.0690. The minimum atomic E-state index is -1.09. The highest BCUT2D eigenvalue weighted by molar-refractivity contribution is 5.86. The zero-order chi connectivity index (χ0) is 13.8. The first-order chi connectivity index (χ1) is 9.13. The van der Waals surface area contributed by atoms with E-state index in [2.05, 4.69) is 15.3 Å². The van der Waals surface area contributed by atoms with Gasteiger partial charge in [0, 0.05) is 18.7 Å². The second-order valence-corrected chi connectivity index (χ2v) is 3.75. The lowest BCUT2D eigenvalue weighted by Crippen LogP contribution is -2.05. The fourth-order valence-electron chi connectivity index (χ4n) is 1.55. The average molecular weight is 259 g/mol. The smallest absolute Gasteiger partial charge is 0.354 e. The molecule has 0 aliphatic rings. The van der Waals surface area contributed by atoms with Crippen molar-refractivity contribution in [1.82, 2.24) is 9.97 Å². The average Bonchev–Trinajstić information content (AvgIpc) is 2.46. The second kappa shape index (κ2) is 5.34. The van der Waals surface area contributed by atoms with Crippen LogP contribution in [0.1, 0.15) is 10.5 Å². The summed E-state index contributed by atoms with van der Waals surface area (Å²) in [7, 11) is 3.25. The predicted molar refractivity (Wildman–Crippen MR) is 70.5 cm³/mol. The highest BCUT2D eigenvalue weighted by atomic mass is 16.5. The molecule has 0 saturated heterocycles. The summed E-state index contributed by atoms with van der Waals surface area (Å²) in [5.74, 6) is 0.436. The Balaban J connectivity index is 2.47. The van der Waals surface area contributed by atoms with E-state index in [0.717, 1.165) is 5.56 Å². The number of methoxy groups -OCH3 is 1. The molecule has 2 aromatic rings. The monoisotopic (exact) mass is 259 g/mol. The second-order valence-electron chi connectivity index (χ2n) is 3.75. The number of ether oxygens (including phenoxy) is 1. The highest BCUT2D eigenvalue weighted by Gasteiger charge is 2.11. The number of aromatic nitrogens is 2. The number of anilines is 1. The molecule has 0 amide bonds. The van der Waals surface area contributed by atoms with Gasteiger partial charge in [0.1, 0.15) is 11.6 Å². The summed E-state index contributed by atoms with van der Waals surface area (Å²) < 4.78 is 5.06. The Kier molecular flexibility index (Phi) is 3.61. The van der Waals surface area contributed by atoms with E-state index in [4.69, 9.17) is 9.84 Å². The Labute approximate surface area is 110 Å². The summed E-state index contributed by atoms with van der Waals surface area (Å²) in [5.41, 5.74) is 0.672. The molecule has 1 aromatic heterocycles. The molecule has 0 fully saturated rings. The largest absolute Gasteiger partial charge is 0.497 e. The molecule has 19 heavy (non-hydrogen) atoms. The van der Waals surface area contributed by atoms with E-state index in [1.165, 1.54) is 6.07 Å². The number of nitrogens with one attached hydrogen (secondary N) is 1. The quantitative estimate of drug-likeness (QED) is 0.872. The summed E-state index contributed by atoms with van der Waals surface area (Å²) in [5, 5.41) is 11.8. The van der Waals surface area contributed by atoms with Crippen LogP contribution in [-0.4, -0.2) is 35.2 Å². The molecular weight excluding hydrogens is 246 g/mol. The fraction of sp³-hybridized carbons (Fsp3) is 0.154. The predicted octanol–water partition coefficient (Wildman–Crippen LogP) is 1.89. The lowest BCUT2D eigenvalue weighted by atomic mass is 10.2. The molecule has 0 unspecified atom stereocenters. The van der Waals surface area contributed by atoms with E-state index in [9.17, 15) is 4.79 Å². The van der Waals surface area contributed by atoms with Crippen LogP contribution in [0.5, 0.6) is 5.75 Å². The van der Waals surface area contributed by atoms with Gasteiger partial charge >= 0.3 is 5.97 Å². The maximum Gasteiger partial charge on any atom is 0.354 e. The van der Waals surface area contributed by atoms with E-state index in [1.54, 1.807) is 38.4 Å². The van der Waals surface area contributed by atoms with Gasteiger partial charge in [0.15, 0.2) is 11.5 Å². The number of carboxylic acid groups (broad SMARTS) is 1. The van der Waals surface area contributed by atoms with Gasteiger partial charge in [0.05, 0.1) is 7.11 Å². The van der Waals surface area contributed by atoms with Crippen molar-refractivity contribution < 1.29 is 14.6 Å². The highest BCUT2D eigenvalue weighted by Crippen LogP contribution is 2.21. The molecular formula is C13H13N3O3. The molecule has 0 bridgehead atoms. The van der Waals surface area contributed by atoms with Crippen LogP contribution in [-0.2, 0) is 0 Å². The Morgan fingerprint density at radius 2 is 1.95 bits per heavy atom. The topological polar surface area (TPSA) is 84.3 Å². The summed E-state index contributed by atoms with van der Waals surface area (Å²) >= 11 is 0. The van der Waals surface area contributed by atoms with Crippen molar-refractivity contribution in [3.05, 3.63) is 36.0 Å². The minimum Gasteiger partial charge on any atom is -0.497 e. The normalized spacial score (nSPS) is 10.0. The van der Waals surface area contributed by atoms with Gasteiger partial charge in [-0.15, -0.1) is 0 Å². The van der Waals surface area contributed by atoms with E-state index >= 15 is 0 Å². The van der Waals surface area contributed by atoms with Crippen LogP contribution < -0.4 is 10.1 Å². The summed E-state index contributed by atoms with van der Waals surface area (Å²) in [6, 6.07) is 8.48. The molecule has 0 atom stereocenters. The van der Waals surface area contributed by atoms with E-state index in [0.29, 0.717) is 17.4 Å². The number of carboxylic acids is 1. The fourth-order valence-corrected chi connectivity index (χ4v) is 1.55. The van der Waals surface area contributed by atoms with Crippen molar-refractivity contribution in [3.8, 4) is 17.1 Å². The summed E-state index contributed by atoms with van der Waals surface area (Å²) in [4.78, 5) is 19.3. The van der Waals surface area contributed by atoms with Crippen molar-refractivity contribution in [2.24, 2.45) is 0 Å². The molecule has 1 heterocycles. The van der Waals surface area contributed by atoms with Gasteiger partial charge in [-0.25, -0.2) is 14.8 Å². The number of rotatable bonds is 4. The SMILES string of the molecule is CNc1cc(C(=O)O)nc(-c2ccc(OC)cc2)n1. The Morgan fingerprint density at radius 3 is 2.47 bits per heavy atom. The molecule has 0 radical (unpaired) electrons. The molecule has 0 aliphatic heterocycles. The summed E-state index contributed by atoms with van der Waals surface area (Å²) in [6.07, 6.45) is 0. The van der Waals surface area contributed by atoms with Crippen molar-refractivity contribution >= 4 is 11.8 Å². The van der Waals surface area contributed by atoms with Gasteiger partial charge in [0.25, 0.3) is 0 Å². The van der Waals surface area contributed by atoms with Gasteiger partial charge in [-0.1, -0.05) is 0 Å². The number of hydrogen-bond donors (Lipinski definition) is 2. The van der Waals surface area contributed by atoms with Crippen LogP contribution in [0.15, 0.2) is 30.3 Å². The lowest BCUT2D eigenvalue weighted by Gasteiger charge is -2.06. The van der Waals surface area contributed by atoms with E-state index in [-0.39, 0.29) is 5.69 Å². The van der Waals surface area contributed by atoms with Crippen molar-refractivity contribution in [2.45, 2.75) is 0 Å². The van der Waals surface area contributed by atoms with Crippen LogP contribution in [0.4, 0.5) is 5.82 Å². The zero-order valence-corrected chi connectivity index (χ0v) is 10.5. The Hall–Kier alpha value is -2.63. The molecule has 6 nitrogen and oxygen atoms in total. The molecule has 0 aliphatic carbocycles. The van der Waals surface area contributed by atoms with Gasteiger partial charge in [-0.3, -0.25) is 0 Å². The zero-order valence-electron chi connectivity index (χ0n) is 10.5. The van der Waals surface area contributed by atoms with Gasteiger partial charge in [0.2, 0.25) is 0 Å². The molecule has 2 N–H and O–H groups in total. The Morgan fingerprint density at radius 1 is 1.26 bits per heavy atom. The van der Waals surface area contributed by atoms with E-state index < -0.39 is 5.97 Å². The van der Waals surface area contributed by atoms with Gasteiger partial charge in [-0.2, -0.15) is 0 Å². The Bertz CT molecular complexity index is 597. The minimum absolute atomic E-state index is 0.0508. The standard InChI is InChI=1S/C13H13N3O3/c1-14-11-7-10(13(17)18)15-12(16-11)8-3-5-9(19-2)6-4-8/h3-7H,1-2H3,(H,17,18)(H,14,15,16). The summed E-state index contributed by atoms with van der Waals surface area (Å²) in [6.45, 7) is 0. The maximum absolute atomic E-state index is 11.0. The first-order valence-electron chi connectivity index (χ1n) is 5.58. The van der Waals surface area contributed by atoms with Crippen LogP contribution in [0.3, 0.4) is 0 Å². The number of aromatic carboxylic acids is 1. The number of nitrogens with zero attached hydrogens (tertiary/aromatic N) is 2. The first-order valence-corrected chi connectivity index (χ1v) is 5.58. The van der Waals surface area contributed by atoms with Crippen LogP contribution in [0.2, 0.25) is 0 Å². The van der Waals surface area contributed by atoms with Crippen molar-refractivity contribution in [1.29, 1.82) is 0 Å². The maximum atomic E-state index is 11.0. The molecule has 6 heteroatoms. The van der Waals surface area contributed by atoms with Crippen LogP contribution in [0.25, 0.3) is 11.4 Å². The third kappa shape index (κ3) is 2.79. The van der Waals surface area contributed by atoms with Crippen molar-refractivity contribution in [3.63, 3.8) is 0 Å². The van der Waals surface area contributed by atoms with Crippen LogP contribution >= 0.6 is 0 Å². The first kappa shape index (κ1) is 12.8. The van der Waals surface area contributed by atoms with Crippen LogP contribution in [0, 0.1) is 0 Å². The number of benzene rings is 1. The molecule has 1 aromatic carbocycles. The van der Waals surface area contributed by atoms with Gasteiger partial charge < -0.3 is 15.2 Å². The van der Waals surface area contributed by atoms with Crippen molar-refractivity contribution in [2.75, 3.05) is 19.5 Å². The number of hydrogen-bond acceptors (Lipinski definition) is 5. The van der Waals surface area contributed by atoms with Gasteiger partial charge in [-0.05, 0) is 24.3 Å². The van der Waals surface area contributed by atoms with E-state index in [1.807, 2.05) is 0 Å². The molecule has 98 valence electrons. The molecule has 0 saturated carbocycles. The molecule has 2 rings (SSSR count). The third-order valence-corrected chi connectivity index (χ3v) is 2.55. The molecule has 0 spiro atoms. The third-order valence-electron chi connectivity index (χ3n) is 2.55.